The lowest BCUT2D eigenvalue weighted by molar-refractivity contribution is 0.0354. The van der Waals surface area contributed by atoms with Crippen molar-refractivity contribution in [3.8, 4) is 5.75 Å². The highest BCUT2D eigenvalue weighted by Gasteiger charge is 2.37. The van der Waals surface area contributed by atoms with E-state index in [0.717, 1.165) is 57.7 Å². The number of fused-ring (bicyclic) bond motifs is 1. The average molecular weight is 465 g/mol. The van der Waals surface area contributed by atoms with Crippen molar-refractivity contribution in [1.82, 2.24) is 14.8 Å². The number of pyridine rings is 1. The summed E-state index contributed by atoms with van der Waals surface area (Å²) in [6, 6.07) is 12.0. The Morgan fingerprint density at radius 2 is 1.88 bits per heavy atom. The maximum absolute atomic E-state index is 13.0. The summed E-state index contributed by atoms with van der Waals surface area (Å²) in [6.45, 7) is 10.0. The fourth-order valence-corrected chi connectivity index (χ4v) is 5.56. The predicted molar refractivity (Wildman–Crippen MR) is 137 cm³/mol. The molecule has 0 radical (unpaired) electrons. The Labute approximate surface area is 204 Å². The number of nitrogen functional groups attached to an aromatic ring is 1. The van der Waals surface area contributed by atoms with Crippen molar-refractivity contribution in [3.05, 3.63) is 53.7 Å². The third-order valence-corrected chi connectivity index (χ3v) is 7.37. The summed E-state index contributed by atoms with van der Waals surface area (Å²) in [6.07, 6.45) is 8.36. The number of benzene rings is 1. The van der Waals surface area contributed by atoms with Crippen LogP contribution in [0.2, 0.25) is 0 Å². The number of amides is 1. The summed E-state index contributed by atoms with van der Waals surface area (Å²) < 4.78 is 6.24. The number of carbonyl (C=O) groups excluding carboxylic acids is 1. The van der Waals surface area contributed by atoms with Crippen LogP contribution in [0.25, 0.3) is 0 Å². The Hall–Kier alpha value is -2.60. The van der Waals surface area contributed by atoms with Crippen molar-refractivity contribution in [2.75, 3.05) is 45.1 Å². The molecule has 1 spiro atoms. The van der Waals surface area contributed by atoms with E-state index in [9.17, 15) is 4.79 Å². The lowest BCUT2D eigenvalue weighted by Crippen LogP contribution is -2.49. The highest BCUT2D eigenvalue weighted by Crippen LogP contribution is 2.39. The number of hydrogen-bond donors (Lipinski definition) is 1. The number of carbonyl (C=O) groups is 1. The molecule has 6 nitrogen and oxygen atoms in total. The molecule has 1 saturated heterocycles. The first-order chi connectivity index (χ1) is 16.4. The van der Waals surface area contributed by atoms with Crippen LogP contribution in [0.1, 0.15) is 61.9 Å². The van der Waals surface area contributed by atoms with Crippen LogP contribution < -0.4 is 10.5 Å². The molecule has 2 N–H and O–H groups in total. The summed E-state index contributed by atoms with van der Waals surface area (Å²) in [7, 11) is 0. The quantitative estimate of drug-likeness (QED) is 0.716. The van der Waals surface area contributed by atoms with Crippen LogP contribution in [0, 0.1) is 11.3 Å². The zero-order chi connectivity index (χ0) is 24.0. The molecule has 0 aliphatic carbocycles. The van der Waals surface area contributed by atoms with Crippen molar-refractivity contribution in [3.63, 3.8) is 0 Å². The van der Waals surface area contributed by atoms with Crippen molar-refractivity contribution in [1.29, 1.82) is 0 Å². The molecule has 6 heteroatoms. The molecule has 2 aromatic rings. The molecular formula is C28H40N4O2. The fraction of sp³-hybridized carbons (Fsp3) is 0.571. The first-order valence-corrected chi connectivity index (χ1v) is 12.9. The molecule has 0 saturated carbocycles. The second kappa shape index (κ2) is 11.2. The minimum Gasteiger partial charge on any atom is -0.492 e. The van der Waals surface area contributed by atoms with Gasteiger partial charge in [-0.15, -0.1) is 0 Å². The van der Waals surface area contributed by atoms with Crippen LogP contribution >= 0.6 is 0 Å². The maximum Gasteiger partial charge on any atom is 0.255 e. The molecule has 34 heavy (non-hydrogen) atoms. The number of rotatable bonds is 3. The highest BCUT2D eigenvalue weighted by atomic mass is 16.5. The number of likely N-dealkylation sites (tertiary alicyclic amines) is 1. The lowest BCUT2D eigenvalue weighted by atomic mass is 9.73. The number of aromatic nitrogens is 1. The van der Waals surface area contributed by atoms with E-state index in [0.29, 0.717) is 23.9 Å². The largest absolute Gasteiger partial charge is 0.492 e. The van der Waals surface area contributed by atoms with Crippen LogP contribution in [0.4, 0.5) is 5.82 Å². The third kappa shape index (κ3) is 6.29. The Balaban J connectivity index is 1.46. The fourth-order valence-electron chi connectivity index (χ4n) is 5.56. The van der Waals surface area contributed by atoms with Crippen molar-refractivity contribution >= 4 is 11.7 Å². The zero-order valence-electron chi connectivity index (χ0n) is 20.8. The van der Waals surface area contributed by atoms with E-state index in [4.69, 9.17) is 10.5 Å². The first kappa shape index (κ1) is 24.5. The van der Waals surface area contributed by atoms with Gasteiger partial charge in [-0.1, -0.05) is 38.5 Å². The molecule has 2 aliphatic heterocycles. The van der Waals surface area contributed by atoms with E-state index in [1.165, 1.54) is 24.8 Å². The Morgan fingerprint density at radius 3 is 2.62 bits per heavy atom. The minimum absolute atomic E-state index is 0.0690. The predicted octanol–water partition coefficient (Wildman–Crippen LogP) is 4.65. The van der Waals surface area contributed by atoms with Gasteiger partial charge in [0.25, 0.3) is 5.91 Å². The van der Waals surface area contributed by atoms with Crippen LogP contribution in [0.5, 0.6) is 5.75 Å². The van der Waals surface area contributed by atoms with Crippen LogP contribution in [0.3, 0.4) is 0 Å². The molecule has 0 bridgehead atoms. The smallest absolute Gasteiger partial charge is 0.255 e. The Kier molecular flexibility index (Phi) is 8.09. The van der Waals surface area contributed by atoms with Gasteiger partial charge in [0.1, 0.15) is 18.2 Å². The molecule has 0 unspecified atom stereocenters. The summed E-state index contributed by atoms with van der Waals surface area (Å²) in [5.74, 6) is 2.17. The van der Waals surface area contributed by atoms with E-state index < -0.39 is 0 Å². The minimum atomic E-state index is 0.0690. The summed E-state index contributed by atoms with van der Waals surface area (Å²) in [4.78, 5) is 21.7. The monoisotopic (exact) mass is 464 g/mol. The lowest BCUT2D eigenvalue weighted by Gasteiger charge is -2.45. The van der Waals surface area contributed by atoms with Gasteiger partial charge in [0.15, 0.2) is 0 Å². The van der Waals surface area contributed by atoms with E-state index >= 15 is 0 Å². The maximum atomic E-state index is 13.0. The van der Waals surface area contributed by atoms with Crippen LogP contribution in [-0.4, -0.2) is 60.0 Å². The SMILES string of the molecule is CC(C)CN1CCOc2ccccc2CCCCC2(CCN(C(=O)c3ccc(N)nc3)CC2)C1. The van der Waals surface area contributed by atoms with Crippen molar-refractivity contribution < 1.29 is 9.53 Å². The average Bonchev–Trinajstić information content (AvgIpc) is 2.82. The standard InChI is InChI=1S/C28H40N4O2/c1-22(2)20-31-17-18-34-25-9-4-3-7-23(25)8-5-6-12-28(21-31)13-15-32(16-14-28)27(33)24-10-11-26(29)30-19-24/h3-4,7,9-11,19,22H,5-6,8,12-18,20-21H2,1-2H3,(H2,29,30). The number of nitrogens with two attached hydrogens (primary N) is 1. The van der Waals surface area contributed by atoms with E-state index in [2.05, 4.69) is 48.0 Å². The highest BCUT2D eigenvalue weighted by molar-refractivity contribution is 5.94. The van der Waals surface area contributed by atoms with Crippen molar-refractivity contribution in [2.45, 2.75) is 52.4 Å². The van der Waals surface area contributed by atoms with Crippen molar-refractivity contribution in [2.24, 2.45) is 11.3 Å². The van der Waals surface area contributed by atoms with Gasteiger partial charge >= 0.3 is 0 Å². The van der Waals surface area contributed by atoms with Gasteiger partial charge in [0.2, 0.25) is 0 Å². The van der Waals surface area contributed by atoms with Gasteiger partial charge in [-0.05, 0) is 67.2 Å². The first-order valence-electron chi connectivity index (χ1n) is 12.9. The molecule has 2 aliphatic rings. The van der Waals surface area contributed by atoms with Gasteiger partial charge in [0.05, 0.1) is 5.56 Å². The zero-order valence-corrected chi connectivity index (χ0v) is 20.8. The molecule has 0 atom stereocenters. The topological polar surface area (TPSA) is 71.7 Å². The summed E-state index contributed by atoms with van der Waals surface area (Å²) >= 11 is 0. The molecule has 3 heterocycles. The van der Waals surface area contributed by atoms with Gasteiger partial charge in [-0.2, -0.15) is 0 Å². The second-order valence-corrected chi connectivity index (χ2v) is 10.6. The molecule has 1 fully saturated rings. The molecule has 1 aromatic carbocycles. The molecule has 1 aromatic heterocycles. The summed E-state index contributed by atoms with van der Waals surface area (Å²) in [5, 5.41) is 0. The third-order valence-electron chi connectivity index (χ3n) is 7.37. The Morgan fingerprint density at radius 1 is 1.09 bits per heavy atom. The van der Waals surface area contributed by atoms with Crippen LogP contribution in [-0.2, 0) is 6.42 Å². The number of ether oxygens (including phenoxy) is 1. The van der Waals surface area contributed by atoms with E-state index in [1.54, 1.807) is 18.3 Å². The molecule has 1 amide bonds. The normalized spacial score (nSPS) is 19.7. The Bertz CT molecular complexity index is 936. The van der Waals surface area contributed by atoms with Gasteiger partial charge in [-0.25, -0.2) is 4.98 Å². The summed E-state index contributed by atoms with van der Waals surface area (Å²) in [5.41, 5.74) is 7.90. The van der Waals surface area contributed by atoms with Gasteiger partial charge in [0, 0.05) is 38.9 Å². The number of para-hydroxylation sites is 1. The number of piperidine rings is 1. The van der Waals surface area contributed by atoms with Gasteiger partial charge < -0.3 is 15.4 Å². The number of anilines is 1. The number of aryl methyl sites for hydroxylation is 1. The number of hydrogen-bond acceptors (Lipinski definition) is 5. The van der Waals surface area contributed by atoms with Crippen LogP contribution in [0.15, 0.2) is 42.6 Å². The second-order valence-electron chi connectivity index (χ2n) is 10.6. The van der Waals surface area contributed by atoms with Gasteiger partial charge in [-0.3, -0.25) is 9.69 Å². The van der Waals surface area contributed by atoms with E-state index in [-0.39, 0.29) is 11.3 Å². The van der Waals surface area contributed by atoms with E-state index in [1.807, 2.05) is 4.90 Å². The molecular weight excluding hydrogens is 424 g/mol. The number of nitrogens with zero attached hydrogens (tertiary/aromatic N) is 3. The molecule has 184 valence electrons. The molecule has 4 rings (SSSR count).